The maximum Gasteiger partial charge on any atom is 0.182 e. The van der Waals surface area contributed by atoms with Crippen LogP contribution in [0.5, 0.6) is 0 Å². The smallest absolute Gasteiger partial charge is 0.182 e. The number of benzene rings is 1. The first-order chi connectivity index (χ1) is 7.27. The van der Waals surface area contributed by atoms with Crippen molar-refractivity contribution in [1.82, 2.24) is 0 Å². The summed E-state index contributed by atoms with van der Waals surface area (Å²) in [5.74, 6) is 0. The molecule has 1 rings (SSSR count). The molecule has 3 nitrogen and oxygen atoms in total. The highest BCUT2D eigenvalue weighted by molar-refractivity contribution is 5.14. The van der Waals surface area contributed by atoms with Crippen molar-refractivity contribution in [3.8, 4) is 0 Å². The number of ether oxygens (including phenoxy) is 2. The van der Waals surface area contributed by atoms with Crippen LogP contribution in [0.1, 0.15) is 12.0 Å². The molecule has 0 heterocycles. The molecule has 84 valence electrons. The van der Waals surface area contributed by atoms with Gasteiger partial charge in [-0.1, -0.05) is 30.3 Å². The molecule has 0 aliphatic rings. The number of rotatable bonds is 6. The van der Waals surface area contributed by atoms with Crippen molar-refractivity contribution in [2.24, 2.45) is 0 Å². The summed E-state index contributed by atoms with van der Waals surface area (Å²) >= 11 is 0. The van der Waals surface area contributed by atoms with Gasteiger partial charge in [-0.3, -0.25) is 0 Å². The molecular weight excluding hydrogens is 192 g/mol. The fraction of sp³-hybridized carbons (Fsp3) is 0.500. The third-order valence-electron chi connectivity index (χ3n) is 2.35. The normalized spacial score (nSPS) is 13.1. The summed E-state index contributed by atoms with van der Waals surface area (Å²) in [7, 11) is 3.06. The Balaban J connectivity index is 2.36. The molecule has 0 bridgehead atoms. The van der Waals surface area contributed by atoms with Crippen LogP contribution in [0.15, 0.2) is 30.3 Å². The van der Waals surface area contributed by atoms with Gasteiger partial charge in [-0.25, -0.2) is 0 Å². The first-order valence-corrected chi connectivity index (χ1v) is 5.05. The van der Waals surface area contributed by atoms with Gasteiger partial charge in [-0.15, -0.1) is 0 Å². The van der Waals surface area contributed by atoms with Crippen LogP contribution in [0.4, 0.5) is 0 Å². The van der Waals surface area contributed by atoms with E-state index < -0.39 is 12.4 Å². The van der Waals surface area contributed by atoms with Gasteiger partial charge in [0, 0.05) is 14.2 Å². The van der Waals surface area contributed by atoms with Crippen molar-refractivity contribution < 1.29 is 14.6 Å². The summed E-state index contributed by atoms with van der Waals surface area (Å²) in [5, 5.41) is 9.72. The van der Waals surface area contributed by atoms with E-state index in [9.17, 15) is 5.11 Å². The van der Waals surface area contributed by atoms with Crippen LogP contribution in [-0.4, -0.2) is 31.7 Å². The van der Waals surface area contributed by atoms with Gasteiger partial charge in [0.1, 0.15) is 6.10 Å². The SMILES string of the molecule is COC(OC)[C@H](O)CCc1ccccc1. The van der Waals surface area contributed by atoms with Gasteiger partial charge in [0.05, 0.1) is 0 Å². The number of aliphatic hydroxyl groups is 1. The molecule has 15 heavy (non-hydrogen) atoms. The molecule has 0 fully saturated rings. The summed E-state index contributed by atoms with van der Waals surface area (Å²) in [6.45, 7) is 0. The fourth-order valence-corrected chi connectivity index (χ4v) is 1.51. The van der Waals surface area contributed by atoms with Crippen molar-refractivity contribution >= 4 is 0 Å². The molecule has 1 atom stereocenters. The van der Waals surface area contributed by atoms with Crippen LogP contribution in [-0.2, 0) is 15.9 Å². The van der Waals surface area contributed by atoms with Crippen LogP contribution in [0.25, 0.3) is 0 Å². The Bertz CT molecular complexity index is 257. The van der Waals surface area contributed by atoms with Crippen LogP contribution < -0.4 is 0 Å². The Labute approximate surface area is 90.6 Å². The summed E-state index contributed by atoms with van der Waals surface area (Å²) in [4.78, 5) is 0. The van der Waals surface area contributed by atoms with Crippen molar-refractivity contribution in [1.29, 1.82) is 0 Å². The van der Waals surface area contributed by atoms with Crippen molar-refractivity contribution in [3.63, 3.8) is 0 Å². The summed E-state index contributed by atoms with van der Waals surface area (Å²) in [5.41, 5.74) is 1.21. The van der Waals surface area contributed by atoms with E-state index in [4.69, 9.17) is 9.47 Å². The van der Waals surface area contributed by atoms with Gasteiger partial charge in [0.2, 0.25) is 0 Å². The minimum atomic E-state index is -0.583. The molecule has 0 saturated carbocycles. The number of hydrogen-bond donors (Lipinski definition) is 1. The van der Waals surface area contributed by atoms with E-state index in [1.807, 2.05) is 30.3 Å². The Morgan fingerprint density at radius 2 is 1.73 bits per heavy atom. The zero-order valence-electron chi connectivity index (χ0n) is 9.22. The molecule has 0 radical (unpaired) electrons. The monoisotopic (exact) mass is 210 g/mol. The quantitative estimate of drug-likeness (QED) is 0.725. The van der Waals surface area contributed by atoms with Crippen molar-refractivity contribution in [2.45, 2.75) is 25.2 Å². The van der Waals surface area contributed by atoms with Gasteiger partial charge in [-0.2, -0.15) is 0 Å². The second-order valence-corrected chi connectivity index (χ2v) is 3.43. The minimum Gasteiger partial charge on any atom is -0.388 e. The van der Waals surface area contributed by atoms with E-state index in [0.717, 1.165) is 6.42 Å². The Hall–Kier alpha value is -0.900. The molecule has 0 saturated heterocycles. The van der Waals surface area contributed by atoms with Gasteiger partial charge < -0.3 is 14.6 Å². The Kier molecular flexibility index (Phi) is 5.32. The summed E-state index contributed by atoms with van der Waals surface area (Å²) < 4.78 is 9.95. The average Bonchev–Trinajstić information content (AvgIpc) is 2.29. The van der Waals surface area contributed by atoms with E-state index in [1.165, 1.54) is 19.8 Å². The lowest BCUT2D eigenvalue weighted by molar-refractivity contribution is -0.165. The second kappa shape index (κ2) is 6.56. The van der Waals surface area contributed by atoms with E-state index in [0.29, 0.717) is 6.42 Å². The number of aryl methyl sites for hydroxylation is 1. The third-order valence-corrected chi connectivity index (χ3v) is 2.35. The van der Waals surface area contributed by atoms with E-state index in [1.54, 1.807) is 0 Å². The number of methoxy groups -OCH3 is 2. The average molecular weight is 210 g/mol. The van der Waals surface area contributed by atoms with Gasteiger partial charge in [0.25, 0.3) is 0 Å². The van der Waals surface area contributed by atoms with Gasteiger partial charge >= 0.3 is 0 Å². The predicted molar refractivity (Wildman–Crippen MR) is 58.6 cm³/mol. The van der Waals surface area contributed by atoms with Gasteiger partial charge in [-0.05, 0) is 18.4 Å². The second-order valence-electron chi connectivity index (χ2n) is 3.43. The molecule has 0 aromatic heterocycles. The third kappa shape index (κ3) is 4.00. The molecule has 3 heteroatoms. The van der Waals surface area contributed by atoms with E-state index >= 15 is 0 Å². The standard InChI is InChI=1S/C12H18O3/c1-14-12(15-2)11(13)9-8-10-6-4-3-5-7-10/h3-7,11-13H,8-9H2,1-2H3/t11-/m1/s1. The summed E-state index contributed by atoms with van der Waals surface area (Å²) in [6, 6.07) is 10.0. The van der Waals surface area contributed by atoms with Crippen LogP contribution >= 0.6 is 0 Å². The number of hydrogen-bond acceptors (Lipinski definition) is 3. The van der Waals surface area contributed by atoms with Crippen molar-refractivity contribution in [3.05, 3.63) is 35.9 Å². The zero-order valence-corrected chi connectivity index (χ0v) is 9.22. The Morgan fingerprint density at radius 3 is 2.27 bits per heavy atom. The highest BCUT2D eigenvalue weighted by atomic mass is 16.7. The molecule has 0 amide bonds. The maximum absolute atomic E-state index is 9.72. The molecule has 0 unspecified atom stereocenters. The highest BCUT2D eigenvalue weighted by Gasteiger charge is 2.17. The van der Waals surface area contributed by atoms with Crippen LogP contribution in [0.3, 0.4) is 0 Å². The topological polar surface area (TPSA) is 38.7 Å². The molecule has 0 aliphatic heterocycles. The lowest BCUT2D eigenvalue weighted by Gasteiger charge is -2.19. The molecule has 0 spiro atoms. The van der Waals surface area contributed by atoms with E-state index in [-0.39, 0.29) is 0 Å². The Morgan fingerprint density at radius 1 is 1.13 bits per heavy atom. The van der Waals surface area contributed by atoms with Crippen LogP contribution in [0.2, 0.25) is 0 Å². The predicted octanol–water partition coefficient (Wildman–Crippen LogP) is 1.60. The fourth-order valence-electron chi connectivity index (χ4n) is 1.51. The van der Waals surface area contributed by atoms with Crippen LogP contribution in [0, 0.1) is 0 Å². The highest BCUT2D eigenvalue weighted by Crippen LogP contribution is 2.09. The first kappa shape index (κ1) is 12.2. The minimum absolute atomic E-state index is 0.534. The van der Waals surface area contributed by atoms with Crippen molar-refractivity contribution in [2.75, 3.05) is 14.2 Å². The molecule has 1 aromatic rings. The zero-order chi connectivity index (χ0) is 11.1. The molecule has 0 aliphatic carbocycles. The maximum atomic E-state index is 9.72. The number of aliphatic hydroxyl groups excluding tert-OH is 1. The largest absolute Gasteiger partial charge is 0.388 e. The molecule has 1 aromatic carbocycles. The first-order valence-electron chi connectivity index (χ1n) is 5.05. The lowest BCUT2D eigenvalue weighted by atomic mass is 10.1. The van der Waals surface area contributed by atoms with Gasteiger partial charge in [0.15, 0.2) is 6.29 Å². The lowest BCUT2D eigenvalue weighted by Crippen LogP contribution is -2.30. The molecule has 1 N–H and O–H groups in total. The van der Waals surface area contributed by atoms with E-state index in [2.05, 4.69) is 0 Å². The molecular formula is C12H18O3. The summed E-state index contributed by atoms with van der Waals surface area (Å²) in [6.07, 6.45) is 0.343.